The fourth-order valence-electron chi connectivity index (χ4n) is 3.90. The molecule has 1 fully saturated rings. The monoisotopic (exact) mass is 452 g/mol. The molecule has 3 aromatic heterocycles. The Morgan fingerprint density at radius 2 is 2.19 bits per heavy atom. The summed E-state index contributed by atoms with van der Waals surface area (Å²) in [5, 5.41) is 5.96. The molecule has 1 saturated heterocycles. The minimum atomic E-state index is -0.353. The molecule has 32 heavy (non-hydrogen) atoms. The Balaban J connectivity index is 1.27. The number of benzene rings is 1. The minimum Gasteiger partial charge on any atom is -0.440 e. The number of aryl methyl sites for hydroxylation is 1. The van der Waals surface area contributed by atoms with Gasteiger partial charge in [-0.15, -0.1) is 11.3 Å². The van der Waals surface area contributed by atoms with E-state index in [0.29, 0.717) is 47.7 Å². The van der Waals surface area contributed by atoms with E-state index in [1.807, 2.05) is 29.3 Å². The lowest BCUT2D eigenvalue weighted by Gasteiger charge is -2.31. The summed E-state index contributed by atoms with van der Waals surface area (Å²) in [7, 11) is 0. The summed E-state index contributed by atoms with van der Waals surface area (Å²) in [6.07, 6.45) is 1.87. The van der Waals surface area contributed by atoms with Crippen LogP contribution in [0, 0.1) is 12.7 Å². The molecule has 1 aliphatic heterocycles. The summed E-state index contributed by atoms with van der Waals surface area (Å²) in [5.41, 5.74) is 1.22. The van der Waals surface area contributed by atoms with Crippen molar-refractivity contribution in [3.05, 3.63) is 64.9 Å². The largest absolute Gasteiger partial charge is 0.440 e. The van der Waals surface area contributed by atoms with Gasteiger partial charge in [-0.1, -0.05) is 23.4 Å². The van der Waals surface area contributed by atoms with E-state index >= 15 is 0 Å². The zero-order valence-corrected chi connectivity index (χ0v) is 18.3. The first kappa shape index (κ1) is 20.6. The molecule has 0 bridgehead atoms. The molecule has 0 saturated carbocycles. The minimum absolute atomic E-state index is 0.00583. The Morgan fingerprint density at radius 1 is 1.28 bits per heavy atom. The number of aromatic nitrogens is 3. The molecule has 1 atom stereocenters. The first-order valence-corrected chi connectivity index (χ1v) is 11.3. The second kappa shape index (κ2) is 8.66. The van der Waals surface area contributed by atoms with Crippen LogP contribution in [0.15, 0.2) is 50.7 Å². The van der Waals surface area contributed by atoms with Crippen molar-refractivity contribution < 1.29 is 18.1 Å². The highest BCUT2D eigenvalue weighted by Crippen LogP contribution is 2.29. The van der Waals surface area contributed by atoms with E-state index in [1.165, 1.54) is 12.1 Å². The number of piperidine rings is 1. The molecule has 9 heteroatoms. The number of carbonyl (C=O) groups excluding carboxylic acids is 1. The van der Waals surface area contributed by atoms with Gasteiger partial charge < -0.3 is 13.8 Å². The zero-order chi connectivity index (χ0) is 22.1. The molecule has 4 aromatic rings. The maximum atomic E-state index is 13.5. The Hall–Kier alpha value is -3.33. The summed E-state index contributed by atoms with van der Waals surface area (Å²) in [4.78, 5) is 24.7. The van der Waals surface area contributed by atoms with Crippen LogP contribution in [0.5, 0.6) is 0 Å². The van der Waals surface area contributed by atoms with Crippen molar-refractivity contribution in [2.45, 2.75) is 32.1 Å². The smallest absolute Gasteiger partial charge is 0.236 e. The van der Waals surface area contributed by atoms with Crippen molar-refractivity contribution in [2.24, 2.45) is 0 Å². The van der Waals surface area contributed by atoms with E-state index in [2.05, 4.69) is 15.1 Å². The van der Waals surface area contributed by atoms with Crippen molar-refractivity contribution in [3.63, 3.8) is 0 Å². The third-order valence-electron chi connectivity index (χ3n) is 5.59. The molecule has 0 spiro atoms. The second-order valence-corrected chi connectivity index (χ2v) is 8.77. The molecular formula is C23H21FN4O3S. The number of oxazole rings is 1. The molecule has 1 amide bonds. The number of amides is 1. The average Bonchev–Trinajstić information content (AvgIpc) is 3.56. The molecule has 0 N–H and O–H groups in total. The zero-order valence-electron chi connectivity index (χ0n) is 17.5. The molecule has 1 aliphatic rings. The lowest BCUT2D eigenvalue weighted by Crippen LogP contribution is -2.40. The highest BCUT2D eigenvalue weighted by molar-refractivity contribution is 7.13. The van der Waals surface area contributed by atoms with Gasteiger partial charge in [0.2, 0.25) is 23.5 Å². The van der Waals surface area contributed by atoms with Crippen LogP contribution in [0.1, 0.15) is 36.1 Å². The van der Waals surface area contributed by atoms with Gasteiger partial charge in [-0.3, -0.25) is 4.79 Å². The van der Waals surface area contributed by atoms with Crippen LogP contribution in [0.25, 0.3) is 22.2 Å². The fraction of sp³-hybridized carbons (Fsp3) is 0.304. The first-order valence-electron chi connectivity index (χ1n) is 10.4. The fourth-order valence-corrected chi connectivity index (χ4v) is 4.55. The molecule has 5 rings (SSSR count). The summed E-state index contributed by atoms with van der Waals surface area (Å²) in [5.74, 6) is 1.62. The number of rotatable bonds is 5. The van der Waals surface area contributed by atoms with E-state index < -0.39 is 0 Å². The third-order valence-corrected chi connectivity index (χ3v) is 6.45. The number of hydrogen-bond donors (Lipinski definition) is 0. The molecule has 0 aliphatic carbocycles. The molecule has 0 radical (unpaired) electrons. The standard InChI is InChI=1S/C23H21FN4O3S/c1-14-18(25-23(30-14)19-8-4-10-32-19)12-20(29)28-9-3-6-16(13-28)22-26-21(27-31-22)15-5-2-7-17(24)11-15/h2,4-5,7-8,10-11,16H,3,6,9,12-13H2,1H3. The van der Waals surface area contributed by atoms with Gasteiger partial charge in [0.15, 0.2) is 0 Å². The van der Waals surface area contributed by atoms with Crippen LogP contribution < -0.4 is 0 Å². The molecule has 1 aromatic carbocycles. The van der Waals surface area contributed by atoms with Gasteiger partial charge in [-0.2, -0.15) is 4.98 Å². The van der Waals surface area contributed by atoms with Gasteiger partial charge >= 0.3 is 0 Å². The van der Waals surface area contributed by atoms with E-state index in [0.717, 1.165) is 17.7 Å². The van der Waals surface area contributed by atoms with Crippen molar-refractivity contribution in [1.82, 2.24) is 20.0 Å². The summed E-state index contributed by atoms with van der Waals surface area (Å²) in [6, 6.07) is 9.97. The van der Waals surface area contributed by atoms with Gasteiger partial charge in [0.05, 0.1) is 22.9 Å². The van der Waals surface area contributed by atoms with Gasteiger partial charge in [-0.25, -0.2) is 9.37 Å². The summed E-state index contributed by atoms with van der Waals surface area (Å²) >= 11 is 1.55. The van der Waals surface area contributed by atoms with E-state index in [1.54, 1.807) is 23.5 Å². The molecule has 7 nitrogen and oxygen atoms in total. The van der Waals surface area contributed by atoms with Crippen molar-refractivity contribution >= 4 is 17.2 Å². The number of halogens is 1. The second-order valence-electron chi connectivity index (χ2n) is 7.82. The SMILES string of the molecule is Cc1oc(-c2cccs2)nc1CC(=O)N1CCCC(c2nc(-c3cccc(F)c3)no2)C1. The van der Waals surface area contributed by atoms with Crippen molar-refractivity contribution in [1.29, 1.82) is 0 Å². The van der Waals surface area contributed by atoms with Gasteiger partial charge in [0, 0.05) is 18.7 Å². The van der Waals surface area contributed by atoms with Crippen molar-refractivity contribution in [3.8, 4) is 22.2 Å². The molecule has 164 valence electrons. The predicted molar refractivity (Wildman–Crippen MR) is 117 cm³/mol. The summed E-state index contributed by atoms with van der Waals surface area (Å²) in [6.45, 7) is 3.01. The van der Waals surface area contributed by atoms with Crippen LogP contribution in [0.2, 0.25) is 0 Å². The Labute approximate surface area is 187 Å². The van der Waals surface area contributed by atoms with Crippen LogP contribution >= 0.6 is 11.3 Å². The highest BCUT2D eigenvalue weighted by atomic mass is 32.1. The Morgan fingerprint density at radius 3 is 3.00 bits per heavy atom. The lowest BCUT2D eigenvalue weighted by molar-refractivity contribution is -0.131. The Kier molecular flexibility index (Phi) is 5.57. The molecular weight excluding hydrogens is 431 g/mol. The van der Waals surface area contributed by atoms with Crippen LogP contribution in [0.4, 0.5) is 4.39 Å². The third kappa shape index (κ3) is 4.20. The highest BCUT2D eigenvalue weighted by Gasteiger charge is 2.29. The van der Waals surface area contributed by atoms with Gasteiger partial charge in [-0.05, 0) is 43.3 Å². The number of likely N-dealkylation sites (tertiary alicyclic amines) is 1. The Bertz CT molecular complexity index is 1230. The summed E-state index contributed by atoms with van der Waals surface area (Å²) < 4.78 is 24.7. The molecule has 1 unspecified atom stereocenters. The van der Waals surface area contributed by atoms with Crippen LogP contribution in [0.3, 0.4) is 0 Å². The number of carbonyl (C=O) groups is 1. The number of thiophene rings is 1. The van der Waals surface area contributed by atoms with Gasteiger partial charge in [0.25, 0.3) is 0 Å². The topological polar surface area (TPSA) is 85.3 Å². The van der Waals surface area contributed by atoms with Crippen molar-refractivity contribution in [2.75, 3.05) is 13.1 Å². The lowest BCUT2D eigenvalue weighted by atomic mass is 9.97. The quantitative estimate of drug-likeness (QED) is 0.430. The maximum Gasteiger partial charge on any atom is 0.236 e. The van der Waals surface area contributed by atoms with Crippen LogP contribution in [-0.2, 0) is 11.2 Å². The maximum absolute atomic E-state index is 13.5. The average molecular weight is 453 g/mol. The van der Waals surface area contributed by atoms with Gasteiger partial charge in [0.1, 0.15) is 11.6 Å². The number of nitrogens with zero attached hydrogens (tertiary/aromatic N) is 4. The first-order chi connectivity index (χ1) is 15.6. The van der Waals surface area contributed by atoms with Crippen LogP contribution in [-0.4, -0.2) is 39.0 Å². The van der Waals surface area contributed by atoms with E-state index in [-0.39, 0.29) is 24.1 Å². The van der Waals surface area contributed by atoms with E-state index in [9.17, 15) is 9.18 Å². The van der Waals surface area contributed by atoms with E-state index in [4.69, 9.17) is 8.94 Å². The number of hydrogen-bond acceptors (Lipinski definition) is 7. The molecule has 4 heterocycles. The normalized spacial score (nSPS) is 16.4. The predicted octanol–water partition coefficient (Wildman–Crippen LogP) is 4.85.